The van der Waals surface area contributed by atoms with Gasteiger partial charge in [-0.15, -0.1) is 0 Å². The first-order valence-electron chi connectivity index (χ1n) is 5.89. The Labute approximate surface area is 90.8 Å². The van der Waals surface area contributed by atoms with Crippen molar-refractivity contribution in [2.45, 2.75) is 38.3 Å². The second-order valence-corrected chi connectivity index (χ2v) is 4.57. The number of rotatable bonds is 3. The Kier molecular flexibility index (Phi) is 3.59. The number of amides is 1. The lowest BCUT2D eigenvalue weighted by Crippen LogP contribution is -2.46. The summed E-state index contributed by atoms with van der Waals surface area (Å²) in [5.74, 6) is 0.655. The van der Waals surface area contributed by atoms with Crippen molar-refractivity contribution in [1.82, 2.24) is 10.6 Å². The summed E-state index contributed by atoms with van der Waals surface area (Å²) < 4.78 is 5.32. The highest BCUT2D eigenvalue weighted by Crippen LogP contribution is 2.16. The number of carbonyl (C=O) groups is 1. The Bertz CT molecular complexity index is 221. The zero-order chi connectivity index (χ0) is 10.7. The van der Waals surface area contributed by atoms with Crippen LogP contribution in [0.3, 0.4) is 0 Å². The van der Waals surface area contributed by atoms with Gasteiger partial charge in [-0.1, -0.05) is 0 Å². The first-order valence-corrected chi connectivity index (χ1v) is 5.89. The third-order valence-corrected chi connectivity index (χ3v) is 3.42. The van der Waals surface area contributed by atoms with Crippen LogP contribution in [0, 0.1) is 5.92 Å². The molecule has 0 spiro atoms. The van der Waals surface area contributed by atoms with Gasteiger partial charge < -0.3 is 15.4 Å². The van der Waals surface area contributed by atoms with Crippen LogP contribution in [0.15, 0.2) is 0 Å². The van der Waals surface area contributed by atoms with Crippen LogP contribution in [0.4, 0.5) is 0 Å². The molecule has 0 aromatic carbocycles. The number of hydrogen-bond donors (Lipinski definition) is 2. The maximum atomic E-state index is 11.8. The van der Waals surface area contributed by atoms with E-state index >= 15 is 0 Å². The van der Waals surface area contributed by atoms with E-state index in [2.05, 4.69) is 17.6 Å². The summed E-state index contributed by atoms with van der Waals surface area (Å²) in [6.45, 7) is 4.68. The van der Waals surface area contributed by atoms with Gasteiger partial charge in [-0.2, -0.15) is 0 Å². The van der Waals surface area contributed by atoms with E-state index in [1.807, 2.05) is 0 Å². The quantitative estimate of drug-likeness (QED) is 0.706. The van der Waals surface area contributed by atoms with Gasteiger partial charge in [-0.25, -0.2) is 0 Å². The van der Waals surface area contributed by atoms with Gasteiger partial charge in [0.05, 0.1) is 12.6 Å². The number of hydrogen-bond acceptors (Lipinski definition) is 3. The molecule has 0 aliphatic carbocycles. The lowest BCUT2D eigenvalue weighted by Gasteiger charge is -2.21. The minimum atomic E-state index is 0.0368. The zero-order valence-electron chi connectivity index (χ0n) is 9.29. The lowest BCUT2D eigenvalue weighted by atomic mass is 10.0. The van der Waals surface area contributed by atoms with Crippen LogP contribution < -0.4 is 10.6 Å². The predicted octanol–water partition coefficient (Wildman–Crippen LogP) is 0.280. The van der Waals surface area contributed by atoms with E-state index in [9.17, 15) is 4.79 Å². The summed E-state index contributed by atoms with van der Waals surface area (Å²) in [4.78, 5) is 11.8. The molecule has 4 nitrogen and oxygen atoms in total. The van der Waals surface area contributed by atoms with Crippen LogP contribution in [0.2, 0.25) is 0 Å². The molecule has 0 saturated carbocycles. The molecule has 86 valence electrons. The fourth-order valence-electron chi connectivity index (χ4n) is 2.30. The number of carbonyl (C=O) groups excluding carboxylic acids is 1. The van der Waals surface area contributed by atoms with Crippen LogP contribution in [0.1, 0.15) is 26.2 Å². The third-order valence-electron chi connectivity index (χ3n) is 3.42. The second kappa shape index (κ2) is 4.94. The van der Waals surface area contributed by atoms with E-state index in [1.54, 1.807) is 0 Å². The summed E-state index contributed by atoms with van der Waals surface area (Å²) in [5.41, 5.74) is 0. The average molecular weight is 212 g/mol. The fourth-order valence-corrected chi connectivity index (χ4v) is 2.30. The van der Waals surface area contributed by atoms with Gasteiger partial charge in [0.25, 0.3) is 0 Å². The first-order chi connectivity index (χ1) is 7.27. The fraction of sp³-hybridized carbons (Fsp3) is 0.909. The molecular weight excluding hydrogens is 192 g/mol. The Morgan fingerprint density at radius 3 is 3.00 bits per heavy atom. The van der Waals surface area contributed by atoms with E-state index in [1.165, 1.54) is 0 Å². The predicted molar refractivity (Wildman–Crippen MR) is 57.6 cm³/mol. The van der Waals surface area contributed by atoms with E-state index in [0.717, 1.165) is 39.0 Å². The van der Waals surface area contributed by atoms with Gasteiger partial charge in [-0.05, 0) is 32.7 Å². The summed E-state index contributed by atoms with van der Waals surface area (Å²) in [6.07, 6.45) is 3.15. The molecule has 2 saturated heterocycles. The topological polar surface area (TPSA) is 50.4 Å². The van der Waals surface area contributed by atoms with Crippen LogP contribution in [-0.4, -0.2) is 37.7 Å². The number of nitrogens with one attached hydrogen (secondary N) is 2. The standard InChI is InChI=1S/C11H20N2O2/c1-8(9-4-6-15-7-9)13-11(14)10-3-2-5-12-10/h8-10,12H,2-7H2,1H3,(H,13,14)/t8?,9?,10-/m0/s1. The van der Waals surface area contributed by atoms with E-state index in [0.29, 0.717) is 5.92 Å². The van der Waals surface area contributed by atoms with Gasteiger partial charge >= 0.3 is 0 Å². The summed E-state index contributed by atoms with van der Waals surface area (Å²) in [6, 6.07) is 0.275. The maximum absolute atomic E-state index is 11.8. The molecule has 4 heteroatoms. The molecule has 2 unspecified atom stereocenters. The lowest BCUT2D eigenvalue weighted by molar-refractivity contribution is -0.123. The van der Waals surface area contributed by atoms with Crippen molar-refractivity contribution >= 4 is 5.91 Å². The van der Waals surface area contributed by atoms with Crippen molar-refractivity contribution in [2.24, 2.45) is 5.92 Å². The van der Waals surface area contributed by atoms with Crippen molar-refractivity contribution in [1.29, 1.82) is 0 Å². The molecule has 2 heterocycles. The molecule has 15 heavy (non-hydrogen) atoms. The van der Waals surface area contributed by atoms with Gasteiger partial charge in [-0.3, -0.25) is 4.79 Å². The minimum Gasteiger partial charge on any atom is -0.381 e. The highest BCUT2D eigenvalue weighted by Gasteiger charge is 2.27. The van der Waals surface area contributed by atoms with Gasteiger partial charge in [0.15, 0.2) is 0 Å². The highest BCUT2D eigenvalue weighted by molar-refractivity contribution is 5.82. The van der Waals surface area contributed by atoms with Crippen LogP contribution in [-0.2, 0) is 9.53 Å². The highest BCUT2D eigenvalue weighted by atomic mass is 16.5. The third kappa shape index (κ3) is 2.69. The minimum absolute atomic E-state index is 0.0368. The molecule has 0 radical (unpaired) electrons. The van der Waals surface area contributed by atoms with Gasteiger partial charge in [0, 0.05) is 18.6 Å². The van der Waals surface area contributed by atoms with E-state index in [-0.39, 0.29) is 18.0 Å². The molecule has 3 atom stereocenters. The summed E-state index contributed by atoms with van der Waals surface area (Å²) >= 11 is 0. The van der Waals surface area contributed by atoms with Crippen molar-refractivity contribution in [3.05, 3.63) is 0 Å². The molecule has 2 aliphatic heterocycles. The SMILES string of the molecule is CC(NC(=O)[C@@H]1CCCN1)C1CCOC1. The molecule has 0 bridgehead atoms. The first kappa shape index (κ1) is 10.9. The molecule has 2 rings (SSSR count). The van der Waals surface area contributed by atoms with Crippen molar-refractivity contribution in [3.8, 4) is 0 Å². The van der Waals surface area contributed by atoms with Crippen LogP contribution in [0.5, 0.6) is 0 Å². The molecule has 1 amide bonds. The monoisotopic (exact) mass is 212 g/mol. The van der Waals surface area contributed by atoms with Gasteiger partial charge in [0.2, 0.25) is 5.91 Å². The molecule has 2 N–H and O–H groups in total. The van der Waals surface area contributed by atoms with Crippen molar-refractivity contribution in [3.63, 3.8) is 0 Å². The van der Waals surface area contributed by atoms with Crippen LogP contribution >= 0.6 is 0 Å². The summed E-state index contributed by atoms with van der Waals surface area (Å²) in [7, 11) is 0. The normalized spacial score (nSPS) is 32.9. The largest absolute Gasteiger partial charge is 0.381 e. The van der Waals surface area contributed by atoms with E-state index in [4.69, 9.17) is 4.74 Å². The van der Waals surface area contributed by atoms with E-state index < -0.39 is 0 Å². The molecule has 0 aromatic heterocycles. The Morgan fingerprint density at radius 2 is 2.40 bits per heavy atom. The maximum Gasteiger partial charge on any atom is 0.237 e. The Morgan fingerprint density at radius 1 is 1.53 bits per heavy atom. The summed E-state index contributed by atoms with van der Waals surface area (Å²) in [5, 5.41) is 6.29. The molecule has 0 aromatic rings. The molecular formula is C11H20N2O2. The molecule has 2 fully saturated rings. The second-order valence-electron chi connectivity index (χ2n) is 4.57. The Hall–Kier alpha value is -0.610. The number of ether oxygens (including phenoxy) is 1. The van der Waals surface area contributed by atoms with Crippen molar-refractivity contribution in [2.75, 3.05) is 19.8 Å². The smallest absolute Gasteiger partial charge is 0.237 e. The van der Waals surface area contributed by atoms with Gasteiger partial charge in [0.1, 0.15) is 0 Å². The average Bonchev–Trinajstić information content (AvgIpc) is 2.91. The van der Waals surface area contributed by atoms with Crippen molar-refractivity contribution < 1.29 is 9.53 Å². The Balaban J connectivity index is 1.77. The zero-order valence-corrected chi connectivity index (χ0v) is 9.29. The molecule has 2 aliphatic rings. The van der Waals surface area contributed by atoms with Crippen LogP contribution in [0.25, 0.3) is 0 Å².